The third-order valence-corrected chi connectivity index (χ3v) is 6.51. The van der Waals surface area contributed by atoms with Crippen LogP contribution in [0.3, 0.4) is 0 Å². The van der Waals surface area contributed by atoms with Gasteiger partial charge in [0.2, 0.25) is 11.8 Å². The summed E-state index contributed by atoms with van der Waals surface area (Å²) < 4.78 is 5.35. The van der Waals surface area contributed by atoms with Crippen molar-refractivity contribution in [3.05, 3.63) is 65.7 Å². The molecule has 2 atom stereocenters. The van der Waals surface area contributed by atoms with E-state index in [0.29, 0.717) is 17.7 Å². The molecule has 0 aromatic heterocycles. The molecule has 2 aromatic carbocycles. The number of benzene rings is 2. The highest BCUT2D eigenvalue weighted by atomic mass is 16.6. The minimum Gasteiger partial charge on any atom is -0.444 e. The maximum absolute atomic E-state index is 14.2. The Hall–Kier alpha value is -3.88. The maximum atomic E-state index is 14.2. The molecular formula is C32H46N4O5. The number of primary amides is 1. The molecule has 0 radical (unpaired) electrons. The van der Waals surface area contributed by atoms with Crippen LogP contribution in [0.25, 0.3) is 0 Å². The molecule has 0 aliphatic carbocycles. The standard InChI is InChI=1S/C32H46N4O5/c1-6-7-8-9-10-16-21-36(30(39)26(22-27(33)37)35-31(40)41-32(3,4)5)28(24-18-12-11-13-19-24)29(38)34-25-20-15-14-17-23(25)2/h11-15,17-20,26,28H,6-10,16,21-22H2,1-5H3,(H2,33,37)(H,34,38)(H,35,40). The van der Waals surface area contributed by atoms with Crippen LogP contribution in [0.15, 0.2) is 54.6 Å². The SMILES string of the molecule is CCCCCCCCN(C(=O)C(CC(N)=O)NC(=O)OC(C)(C)C)C(C(=O)Nc1ccccc1C)c1ccccc1. The lowest BCUT2D eigenvalue weighted by molar-refractivity contribution is -0.142. The van der Waals surface area contributed by atoms with Crippen LogP contribution in [0.5, 0.6) is 0 Å². The lowest BCUT2D eigenvalue weighted by Gasteiger charge is -2.34. The molecule has 0 aliphatic rings. The van der Waals surface area contributed by atoms with Crippen LogP contribution >= 0.6 is 0 Å². The molecule has 0 spiro atoms. The lowest BCUT2D eigenvalue weighted by atomic mass is 10.0. The van der Waals surface area contributed by atoms with Crippen molar-refractivity contribution in [2.45, 2.75) is 97.2 Å². The number of carbonyl (C=O) groups is 4. The topological polar surface area (TPSA) is 131 Å². The van der Waals surface area contributed by atoms with Crippen molar-refractivity contribution in [1.29, 1.82) is 0 Å². The largest absolute Gasteiger partial charge is 0.444 e. The molecule has 9 nitrogen and oxygen atoms in total. The Morgan fingerprint density at radius 3 is 2.12 bits per heavy atom. The van der Waals surface area contributed by atoms with Crippen LogP contribution < -0.4 is 16.4 Å². The van der Waals surface area contributed by atoms with Gasteiger partial charge in [-0.2, -0.15) is 0 Å². The van der Waals surface area contributed by atoms with Gasteiger partial charge in [0.1, 0.15) is 17.7 Å². The van der Waals surface area contributed by atoms with Crippen LogP contribution in [0.1, 0.15) is 89.8 Å². The molecule has 224 valence electrons. The number of rotatable bonds is 15. The Bertz CT molecular complexity index is 1150. The van der Waals surface area contributed by atoms with Gasteiger partial charge in [0.05, 0.1) is 6.42 Å². The maximum Gasteiger partial charge on any atom is 0.408 e. The van der Waals surface area contributed by atoms with Gasteiger partial charge in [-0.15, -0.1) is 0 Å². The lowest BCUT2D eigenvalue weighted by Crippen LogP contribution is -2.53. The number of anilines is 1. The Labute approximate surface area is 244 Å². The van der Waals surface area contributed by atoms with Crippen molar-refractivity contribution in [2.75, 3.05) is 11.9 Å². The van der Waals surface area contributed by atoms with E-state index in [4.69, 9.17) is 10.5 Å². The zero-order chi connectivity index (χ0) is 30.4. The van der Waals surface area contributed by atoms with E-state index < -0.39 is 47.9 Å². The number of alkyl carbamates (subject to hydrolysis) is 1. The number of amides is 4. The number of nitrogens with two attached hydrogens (primary N) is 1. The van der Waals surface area contributed by atoms with E-state index in [9.17, 15) is 19.2 Å². The molecule has 0 heterocycles. The average molecular weight is 567 g/mol. The summed E-state index contributed by atoms with van der Waals surface area (Å²) in [4.78, 5) is 54.2. The summed E-state index contributed by atoms with van der Waals surface area (Å²) >= 11 is 0. The van der Waals surface area contributed by atoms with Gasteiger partial charge in [-0.25, -0.2) is 4.79 Å². The molecule has 4 N–H and O–H groups in total. The van der Waals surface area contributed by atoms with Gasteiger partial charge in [-0.1, -0.05) is 87.6 Å². The number of ether oxygens (including phenoxy) is 1. The quantitative estimate of drug-likeness (QED) is 0.240. The van der Waals surface area contributed by atoms with E-state index in [-0.39, 0.29) is 6.54 Å². The zero-order valence-corrected chi connectivity index (χ0v) is 25.1. The number of para-hydroxylation sites is 1. The van der Waals surface area contributed by atoms with Crippen molar-refractivity contribution in [2.24, 2.45) is 5.73 Å². The Morgan fingerprint density at radius 1 is 0.902 bits per heavy atom. The molecule has 2 unspecified atom stereocenters. The molecule has 2 rings (SSSR count). The molecule has 2 aromatic rings. The zero-order valence-electron chi connectivity index (χ0n) is 25.1. The minimum atomic E-state index is -1.31. The fraction of sp³-hybridized carbons (Fsp3) is 0.500. The normalized spacial score (nSPS) is 12.6. The van der Waals surface area contributed by atoms with E-state index in [1.807, 2.05) is 31.2 Å². The Balaban J connectivity index is 2.47. The highest BCUT2D eigenvalue weighted by molar-refractivity contribution is 6.00. The monoisotopic (exact) mass is 566 g/mol. The summed E-state index contributed by atoms with van der Waals surface area (Å²) in [5.41, 5.74) is 6.78. The van der Waals surface area contributed by atoms with Crippen molar-refractivity contribution in [3.8, 4) is 0 Å². The third-order valence-electron chi connectivity index (χ3n) is 6.51. The van der Waals surface area contributed by atoms with Crippen LogP contribution in [0.2, 0.25) is 0 Å². The third kappa shape index (κ3) is 11.6. The fourth-order valence-electron chi connectivity index (χ4n) is 4.50. The molecule has 0 bridgehead atoms. The first-order valence-corrected chi connectivity index (χ1v) is 14.4. The average Bonchev–Trinajstić information content (AvgIpc) is 2.89. The van der Waals surface area contributed by atoms with E-state index in [1.54, 1.807) is 51.1 Å². The number of hydrogen-bond acceptors (Lipinski definition) is 5. The molecule has 0 saturated heterocycles. The van der Waals surface area contributed by atoms with Gasteiger partial charge >= 0.3 is 6.09 Å². The van der Waals surface area contributed by atoms with Crippen LogP contribution in [-0.2, 0) is 19.1 Å². The van der Waals surface area contributed by atoms with Crippen molar-refractivity contribution < 1.29 is 23.9 Å². The van der Waals surface area contributed by atoms with Gasteiger partial charge in [0, 0.05) is 12.2 Å². The molecular weight excluding hydrogens is 520 g/mol. The molecule has 9 heteroatoms. The number of nitrogens with zero attached hydrogens (tertiary/aromatic N) is 1. The van der Waals surface area contributed by atoms with Gasteiger partial charge < -0.3 is 26.0 Å². The second-order valence-electron chi connectivity index (χ2n) is 11.3. The number of nitrogens with one attached hydrogen (secondary N) is 2. The molecule has 41 heavy (non-hydrogen) atoms. The van der Waals surface area contributed by atoms with Gasteiger partial charge in [-0.05, 0) is 51.3 Å². The van der Waals surface area contributed by atoms with Crippen molar-refractivity contribution in [3.63, 3.8) is 0 Å². The van der Waals surface area contributed by atoms with Gasteiger partial charge in [0.25, 0.3) is 5.91 Å². The van der Waals surface area contributed by atoms with Gasteiger partial charge in [-0.3, -0.25) is 14.4 Å². The van der Waals surface area contributed by atoms with Crippen molar-refractivity contribution >= 4 is 29.5 Å². The molecule has 4 amide bonds. The second kappa shape index (κ2) is 16.4. The number of carbonyl (C=O) groups excluding carboxylic acids is 4. The number of hydrogen-bond donors (Lipinski definition) is 3. The molecule has 0 saturated carbocycles. The summed E-state index contributed by atoms with van der Waals surface area (Å²) in [6.07, 6.45) is 4.56. The molecule has 0 fully saturated rings. The summed E-state index contributed by atoms with van der Waals surface area (Å²) in [7, 11) is 0. The summed E-state index contributed by atoms with van der Waals surface area (Å²) in [6.45, 7) is 9.38. The first kappa shape index (κ1) is 33.3. The van der Waals surface area contributed by atoms with E-state index >= 15 is 0 Å². The number of unbranched alkanes of at least 4 members (excludes halogenated alkanes) is 5. The Morgan fingerprint density at radius 2 is 1.51 bits per heavy atom. The number of aryl methyl sites for hydroxylation is 1. The van der Waals surface area contributed by atoms with Crippen molar-refractivity contribution in [1.82, 2.24) is 10.2 Å². The summed E-state index contributed by atoms with van der Waals surface area (Å²) in [5, 5.41) is 5.50. The highest BCUT2D eigenvalue weighted by Gasteiger charge is 2.37. The van der Waals surface area contributed by atoms with Crippen LogP contribution in [0, 0.1) is 6.92 Å². The summed E-state index contributed by atoms with van der Waals surface area (Å²) in [5.74, 6) is -1.75. The van der Waals surface area contributed by atoms with Gasteiger partial charge in [0.15, 0.2) is 0 Å². The van der Waals surface area contributed by atoms with E-state index in [2.05, 4.69) is 17.6 Å². The highest BCUT2D eigenvalue weighted by Crippen LogP contribution is 2.26. The fourth-order valence-corrected chi connectivity index (χ4v) is 4.50. The van der Waals surface area contributed by atoms with E-state index in [0.717, 1.165) is 37.7 Å². The van der Waals surface area contributed by atoms with Crippen LogP contribution in [-0.4, -0.2) is 46.9 Å². The smallest absolute Gasteiger partial charge is 0.408 e. The Kier molecular flexibility index (Phi) is 13.3. The van der Waals surface area contributed by atoms with Crippen LogP contribution in [0.4, 0.5) is 10.5 Å². The van der Waals surface area contributed by atoms with E-state index in [1.165, 1.54) is 4.90 Å². The molecule has 0 aliphatic heterocycles. The second-order valence-corrected chi connectivity index (χ2v) is 11.3. The first-order valence-electron chi connectivity index (χ1n) is 14.4. The minimum absolute atomic E-state index is 0.247. The summed E-state index contributed by atoms with van der Waals surface area (Å²) in [6, 6.07) is 14.1. The first-order chi connectivity index (χ1) is 19.4. The predicted molar refractivity (Wildman–Crippen MR) is 161 cm³/mol. The predicted octanol–water partition coefficient (Wildman–Crippen LogP) is 5.63.